The SMILES string of the molecule is C.C=C1C2=C(OC(C)(C)CC2)c2ccccc2C1(O)S(=O)(=O)[O-]. The standard InChI is InChI=1S/C16H18O5S.CH4/c1-10-11-8-9-15(2,3)21-14(11)12-6-4-5-7-13(12)16(10,17)22(18,19)20;/h4-7,17H,1,8-9H2,2-3H3,(H,18,19,20);1H4/p-1. The molecular formula is C17H21O5S-. The highest BCUT2D eigenvalue weighted by Crippen LogP contribution is 2.51. The molecule has 1 atom stereocenters. The maximum Gasteiger partial charge on any atom is 0.206 e. The summed E-state index contributed by atoms with van der Waals surface area (Å²) in [4.78, 5) is -2.65. The van der Waals surface area contributed by atoms with E-state index in [1.54, 1.807) is 18.2 Å². The Kier molecular flexibility index (Phi) is 4.00. The summed E-state index contributed by atoms with van der Waals surface area (Å²) in [7, 11) is -5.05. The zero-order valence-corrected chi connectivity index (χ0v) is 13.2. The molecule has 0 spiro atoms. The van der Waals surface area contributed by atoms with Crippen molar-refractivity contribution in [2.24, 2.45) is 0 Å². The van der Waals surface area contributed by atoms with Crippen molar-refractivity contribution in [3.8, 4) is 0 Å². The highest BCUT2D eigenvalue weighted by molar-refractivity contribution is 7.86. The Hall–Kier alpha value is -1.63. The largest absolute Gasteiger partial charge is 0.745 e. The van der Waals surface area contributed by atoms with Gasteiger partial charge in [-0.05, 0) is 26.7 Å². The maximum absolute atomic E-state index is 11.8. The van der Waals surface area contributed by atoms with Crippen LogP contribution in [0.25, 0.3) is 5.76 Å². The molecule has 1 unspecified atom stereocenters. The summed E-state index contributed by atoms with van der Waals surface area (Å²) in [5.74, 6) is 0.505. The summed E-state index contributed by atoms with van der Waals surface area (Å²) >= 11 is 0. The molecule has 0 saturated heterocycles. The predicted molar refractivity (Wildman–Crippen MR) is 87.2 cm³/mol. The lowest BCUT2D eigenvalue weighted by molar-refractivity contribution is 0.0516. The number of fused-ring (bicyclic) bond motifs is 2. The monoisotopic (exact) mass is 337 g/mol. The summed E-state index contributed by atoms with van der Waals surface area (Å²) in [6.45, 7) is 7.57. The maximum atomic E-state index is 11.8. The van der Waals surface area contributed by atoms with Crippen LogP contribution in [-0.4, -0.2) is 23.7 Å². The van der Waals surface area contributed by atoms with Crippen LogP contribution in [0.15, 0.2) is 42.0 Å². The van der Waals surface area contributed by atoms with Gasteiger partial charge in [0, 0.05) is 22.3 Å². The molecule has 0 bridgehead atoms. The van der Waals surface area contributed by atoms with Gasteiger partial charge in [-0.1, -0.05) is 38.3 Å². The van der Waals surface area contributed by atoms with E-state index in [0.717, 1.165) is 0 Å². The quantitative estimate of drug-likeness (QED) is 0.796. The van der Waals surface area contributed by atoms with Gasteiger partial charge < -0.3 is 14.4 Å². The Labute approximate surface area is 137 Å². The second-order valence-corrected chi connectivity index (χ2v) is 7.79. The van der Waals surface area contributed by atoms with E-state index in [9.17, 15) is 18.1 Å². The third-order valence-corrected chi connectivity index (χ3v) is 5.49. The highest BCUT2D eigenvalue weighted by atomic mass is 32.2. The zero-order valence-electron chi connectivity index (χ0n) is 12.4. The first-order valence-corrected chi connectivity index (χ1v) is 8.38. The number of hydrogen-bond donors (Lipinski definition) is 1. The molecule has 1 aliphatic carbocycles. The summed E-state index contributed by atoms with van der Waals surface area (Å²) in [6, 6.07) is 6.35. The lowest BCUT2D eigenvalue weighted by Crippen LogP contribution is -2.43. The van der Waals surface area contributed by atoms with Crippen molar-refractivity contribution in [1.29, 1.82) is 0 Å². The minimum absolute atomic E-state index is 0. The fraction of sp³-hybridized carbons (Fsp3) is 0.412. The molecule has 1 heterocycles. The topological polar surface area (TPSA) is 86.7 Å². The van der Waals surface area contributed by atoms with Crippen LogP contribution in [0.5, 0.6) is 0 Å². The molecule has 1 N–H and O–H groups in total. The van der Waals surface area contributed by atoms with Gasteiger partial charge in [-0.25, -0.2) is 8.42 Å². The van der Waals surface area contributed by atoms with Crippen molar-refractivity contribution >= 4 is 15.9 Å². The van der Waals surface area contributed by atoms with E-state index < -0.39 is 20.7 Å². The third kappa shape index (κ3) is 2.41. The lowest BCUT2D eigenvalue weighted by atomic mass is 9.79. The van der Waals surface area contributed by atoms with Gasteiger partial charge in [-0.3, -0.25) is 0 Å². The second kappa shape index (κ2) is 5.19. The van der Waals surface area contributed by atoms with Crippen LogP contribution in [0.1, 0.15) is 45.2 Å². The Balaban J connectivity index is 0.00000192. The fourth-order valence-corrected chi connectivity index (χ4v) is 3.94. The minimum atomic E-state index is -5.05. The molecule has 6 heteroatoms. The van der Waals surface area contributed by atoms with Crippen LogP contribution in [0.2, 0.25) is 0 Å². The first-order valence-electron chi connectivity index (χ1n) is 6.97. The molecule has 1 aromatic carbocycles. The normalized spacial score (nSPS) is 25.8. The molecule has 0 saturated carbocycles. The molecule has 0 fully saturated rings. The molecular weight excluding hydrogens is 316 g/mol. The van der Waals surface area contributed by atoms with Crippen molar-refractivity contribution in [1.82, 2.24) is 0 Å². The van der Waals surface area contributed by atoms with Crippen molar-refractivity contribution in [3.05, 3.63) is 53.1 Å². The van der Waals surface area contributed by atoms with Crippen molar-refractivity contribution in [3.63, 3.8) is 0 Å². The molecule has 1 aromatic rings. The Morgan fingerprint density at radius 2 is 1.91 bits per heavy atom. The van der Waals surface area contributed by atoms with Crippen LogP contribution in [0.3, 0.4) is 0 Å². The molecule has 1 aliphatic heterocycles. The zero-order chi connectivity index (χ0) is 16.3. The fourth-order valence-electron chi connectivity index (χ4n) is 3.06. The number of aliphatic hydroxyl groups is 1. The first-order chi connectivity index (χ1) is 10.1. The minimum Gasteiger partial charge on any atom is -0.745 e. The Morgan fingerprint density at radius 1 is 1.30 bits per heavy atom. The average Bonchev–Trinajstić information content (AvgIpc) is 2.42. The first kappa shape index (κ1) is 17.7. The molecule has 3 rings (SSSR count). The summed E-state index contributed by atoms with van der Waals surface area (Å²) < 4.78 is 41.3. The second-order valence-electron chi connectivity index (χ2n) is 6.29. The van der Waals surface area contributed by atoms with Crippen molar-refractivity contribution in [2.75, 3.05) is 0 Å². The number of rotatable bonds is 1. The van der Waals surface area contributed by atoms with Crippen molar-refractivity contribution < 1.29 is 22.8 Å². The van der Waals surface area contributed by atoms with Gasteiger partial charge in [0.2, 0.25) is 4.93 Å². The van der Waals surface area contributed by atoms with E-state index in [-0.39, 0.29) is 18.6 Å². The van der Waals surface area contributed by atoms with E-state index in [0.29, 0.717) is 29.7 Å². The van der Waals surface area contributed by atoms with Gasteiger partial charge in [0.05, 0.1) is 0 Å². The number of benzene rings is 1. The van der Waals surface area contributed by atoms with E-state index >= 15 is 0 Å². The van der Waals surface area contributed by atoms with Crippen LogP contribution in [-0.2, 0) is 19.8 Å². The van der Waals surface area contributed by atoms with Gasteiger partial charge in [0.1, 0.15) is 21.5 Å². The van der Waals surface area contributed by atoms with Gasteiger partial charge in [0.25, 0.3) is 0 Å². The Bertz CT molecular complexity index is 804. The van der Waals surface area contributed by atoms with Gasteiger partial charge in [-0.2, -0.15) is 0 Å². The van der Waals surface area contributed by atoms with Crippen molar-refractivity contribution in [2.45, 2.75) is 44.6 Å². The molecule has 5 nitrogen and oxygen atoms in total. The predicted octanol–water partition coefficient (Wildman–Crippen LogP) is 2.88. The van der Waals surface area contributed by atoms with Crippen LogP contribution < -0.4 is 0 Å². The van der Waals surface area contributed by atoms with Gasteiger partial charge >= 0.3 is 0 Å². The number of ether oxygens (including phenoxy) is 1. The van der Waals surface area contributed by atoms with Gasteiger partial charge in [0.15, 0.2) is 0 Å². The summed E-state index contributed by atoms with van der Waals surface area (Å²) in [5.41, 5.74) is 0.426. The van der Waals surface area contributed by atoms with E-state index in [2.05, 4.69) is 6.58 Å². The molecule has 0 aromatic heterocycles. The van der Waals surface area contributed by atoms with E-state index in [1.165, 1.54) is 6.07 Å². The third-order valence-electron chi connectivity index (χ3n) is 4.30. The van der Waals surface area contributed by atoms with Gasteiger partial charge in [-0.15, -0.1) is 0 Å². The molecule has 23 heavy (non-hydrogen) atoms. The number of hydrogen-bond acceptors (Lipinski definition) is 5. The summed E-state index contributed by atoms with van der Waals surface area (Å²) in [5, 5.41) is 10.7. The van der Waals surface area contributed by atoms with E-state index in [4.69, 9.17) is 4.74 Å². The average molecular weight is 337 g/mol. The van der Waals surface area contributed by atoms with E-state index in [1.807, 2.05) is 13.8 Å². The Morgan fingerprint density at radius 3 is 2.52 bits per heavy atom. The van der Waals surface area contributed by atoms with Crippen LogP contribution in [0.4, 0.5) is 0 Å². The summed E-state index contributed by atoms with van der Waals surface area (Å²) in [6.07, 6.45) is 1.13. The lowest BCUT2D eigenvalue weighted by Gasteiger charge is -2.44. The molecule has 2 aliphatic rings. The van der Waals surface area contributed by atoms with Crippen LogP contribution in [0, 0.1) is 0 Å². The smallest absolute Gasteiger partial charge is 0.206 e. The molecule has 126 valence electrons. The molecule has 0 amide bonds. The van der Waals surface area contributed by atoms with Crippen LogP contribution >= 0.6 is 0 Å². The highest BCUT2D eigenvalue weighted by Gasteiger charge is 2.49. The molecule has 0 radical (unpaired) electrons.